The Hall–Kier alpha value is -7.56. The second-order valence-electron chi connectivity index (χ2n) is 17.4. The summed E-state index contributed by atoms with van der Waals surface area (Å²) in [6.45, 7) is 6.92. The van der Waals surface area contributed by atoms with Gasteiger partial charge in [0, 0.05) is 50.9 Å². The number of para-hydroxylation sites is 4. The number of rotatable bonds is 7. The third kappa shape index (κ3) is 6.30. The summed E-state index contributed by atoms with van der Waals surface area (Å²) in [5, 5.41) is 0. The molecule has 0 atom stereocenters. The quantitative estimate of drug-likeness (QED) is 0.149. The number of benzene rings is 9. The van der Waals surface area contributed by atoms with Crippen LogP contribution in [0.15, 0.2) is 224 Å². The fourth-order valence-electron chi connectivity index (χ4n) is 9.71. The van der Waals surface area contributed by atoms with Crippen LogP contribution >= 0.6 is 0 Å². The summed E-state index contributed by atoms with van der Waals surface area (Å²) in [6.07, 6.45) is 0. The van der Waals surface area contributed by atoms with Crippen LogP contribution in [0.3, 0.4) is 0 Å². The van der Waals surface area contributed by atoms with Crippen molar-refractivity contribution >= 4 is 74.3 Å². The van der Waals surface area contributed by atoms with E-state index in [-0.39, 0.29) is 12.1 Å². The lowest BCUT2D eigenvalue weighted by molar-refractivity contribution is 0.590. The molecule has 0 saturated carbocycles. The highest BCUT2D eigenvalue weighted by molar-refractivity contribution is 7.00. The van der Waals surface area contributed by atoms with Crippen molar-refractivity contribution in [3.63, 3.8) is 0 Å². The van der Waals surface area contributed by atoms with Crippen molar-refractivity contribution in [2.45, 2.75) is 26.2 Å². The maximum absolute atomic E-state index is 2.56. The Morgan fingerprint density at radius 1 is 0.387 bits per heavy atom. The van der Waals surface area contributed by atoms with Gasteiger partial charge in [-0.1, -0.05) is 172 Å². The molecule has 4 heteroatoms. The van der Waals surface area contributed by atoms with E-state index in [9.17, 15) is 0 Å². The molecule has 296 valence electrons. The first kappa shape index (κ1) is 37.4. The van der Waals surface area contributed by atoms with Crippen molar-refractivity contribution < 1.29 is 0 Å². The highest BCUT2D eigenvalue weighted by Crippen LogP contribution is 2.49. The van der Waals surface area contributed by atoms with E-state index in [4.69, 9.17) is 0 Å². The highest BCUT2D eigenvalue weighted by atomic mass is 15.2. The van der Waals surface area contributed by atoms with Crippen LogP contribution in [-0.2, 0) is 5.41 Å². The van der Waals surface area contributed by atoms with Crippen LogP contribution in [-0.4, -0.2) is 6.71 Å². The van der Waals surface area contributed by atoms with Crippen molar-refractivity contribution in [3.8, 4) is 22.3 Å². The Morgan fingerprint density at radius 2 is 0.952 bits per heavy atom. The van der Waals surface area contributed by atoms with Gasteiger partial charge in [-0.2, -0.15) is 0 Å². The molecule has 0 unspecified atom stereocenters. The summed E-state index contributed by atoms with van der Waals surface area (Å²) >= 11 is 0. The molecule has 0 radical (unpaired) electrons. The molecule has 0 aliphatic carbocycles. The fourth-order valence-corrected chi connectivity index (χ4v) is 9.71. The Bertz CT molecular complexity index is 3070. The van der Waals surface area contributed by atoms with Crippen molar-refractivity contribution in [3.05, 3.63) is 230 Å². The number of anilines is 9. The molecular weight excluding hydrogens is 749 g/mol. The maximum atomic E-state index is 2.56. The average molecular weight is 796 g/mol. The normalized spacial score (nSPS) is 12.7. The van der Waals surface area contributed by atoms with Gasteiger partial charge in [0.25, 0.3) is 6.71 Å². The van der Waals surface area contributed by atoms with Gasteiger partial charge in [0.15, 0.2) is 0 Å². The Balaban J connectivity index is 1.22. The number of hydrogen-bond acceptors (Lipinski definition) is 3. The van der Waals surface area contributed by atoms with Crippen molar-refractivity contribution in [2.75, 3.05) is 14.7 Å². The topological polar surface area (TPSA) is 9.72 Å². The molecule has 2 aliphatic heterocycles. The molecule has 9 aromatic rings. The monoisotopic (exact) mass is 795 g/mol. The summed E-state index contributed by atoms with van der Waals surface area (Å²) in [5.74, 6) is 0. The van der Waals surface area contributed by atoms with Gasteiger partial charge in [-0.05, 0) is 111 Å². The van der Waals surface area contributed by atoms with E-state index < -0.39 is 0 Å². The number of fused-ring (bicyclic) bond motifs is 4. The summed E-state index contributed by atoms with van der Waals surface area (Å²) in [7, 11) is 0. The van der Waals surface area contributed by atoms with Crippen LogP contribution in [0.5, 0.6) is 0 Å². The average Bonchev–Trinajstić information content (AvgIpc) is 3.32. The first-order chi connectivity index (χ1) is 30.4. The highest BCUT2D eigenvalue weighted by Gasteiger charge is 2.43. The molecule has 2 heterocycles. The molecule has 0 N–H and O–H groups in total. The minimum absolute atomic E-state index is 0.00784. The third-order valence-corrected chi connectivity index (χ3v) is 12.6. The van der Waals surface area contributed by atoms with Crippen molar-refractivity contribution in [1.29, 1.82) is 0 Å². The molecular formula is C58H46BN3. The van der Waals surface area contributed by atoms with Crippen LogP contribution in [0.2, 0.25) is 0 Å². The lowest BCUT2D eigenvalue weighted by atomic mass is 9.33. The van der Waals surface area contributed by atoms with Crippen LogP contribution in [0.25, 0.3) is 22.3 Å². The largest absolute Gasteiger partial charge is 0.311 e. The molecule has 3 nitrogen and oxygen atoms in total. The fraction of sp³-hybridized carbons (Fsp3) is 0.0690. The molecule has 0 fully saturated rings. The molecule has 0 amide bonds. The third-order valence-electron chi connectivity index (χ3n) is 12.6. The van der Waals surface area contributed by atoms with Crippen LogP contribution < -0.4 is 31.1 Å². The van der Waals surface area contributed by atoms with Gasteiger partial charge >= 0.3 is 0 Å². The number of nitrogens with zero attached hydrogens (tertiary/aromatic N) is 3. The Labute approximate surface area is 365 Å². The molecule has 9 aromatic carbocycles. The minimum Gasteiger partial charge on any atom is -0.311 e. The smallest absolute Gasteiger partial charge is 0.252 e. The molecule has 62 heavy (non-hydrogen) atoms. The van der Waals surface area contributed by atoms with Crippen LogP contribution in [0, 0.1) is 0 Å². The zero-order valence-electron chi connectivity index (χ0n) is 35.3. The molecule has 0 bridgehead atoms. The lowest BCUT2D eigenvalue weighted by Gasteiger charge is -2.44. The van der Waals surface area contributed by atoms with Gasteiger partial charge < -0.3 is 14.7 Å². The van der Waals surface area contributed by atoms with E-state index in [1.807, 2.05) is 0 Å². The van der Waals surface area contributed by atoms with E-state index in [1.165, 1.54) is 67.0 Å². The zero-order valence-corrected chi connectivity index (χ0v) is 35.3. The SMILES string of the molecule is CC(C)(C)c1ccc(N2c3cc(N(c4ccccc4)c4ccccc4-c4ccccc4)ccc3B3c4ccccc4N(c4ccccc4)c4cccc2c43)c(-c2ccccc2)c1. The van der Waals surface area contributed by atoms with E-state index in [0.717, 1.165) is 28.4 Å². The number of hydrogen-bond donors (Lipinski definition) is 0. The van der Waals surface area contributed by atoms with Gasteiger partial charge in [0.05, 0.1) is 11.4 Å². The van der Waals surface area contributed by atoms with Gasteiger partial charge in [0.2, 0.25) is 0 Å². The summed E-state index contributed by atoms with van der Waals surface area (Å²) < 4.78 is 0. The summed E-state index contributed by atoms with van der Waals surface area (Å²) in [5.41, 5.74) is 20.3. The lowest BCUT2D eigenvalue weighted by Crippen LogP contribution is -2.61. The standard InChI is InChI=1S/C58H46BN3/c1-58(2,3)43-35-38-52(48(39-43)42-23-10-5-11-24-42)62-55-34-20-33-54-57(55)59(49-30-17-19-32-53(49)61(54)45-27-14-7-15-28-45)50-37-36-46(40-56(50)62)60(44-25-12-6-13-26-44)51-31-18-16-29-47(51)41-21-8-4-9-22-41/h4-40H,1-3H3. The zero-order chi connectivity index (χ0) is 41.8. The van der Waals surface area contributed by atoms with E-state index in [2.05, 4.69) is 260 Å². The van der Waals surface area contributed by atoms with Gasteiger partial charge in [-0.25, -0.2) is 0 Å². The Kier molecular flexibility index (Phi) is 9.16. The van der Waals surface area contributed by atoms with Gasteiger partial charge in [-0.3, -0.25) is 0 Å². The van der Waals surface area contributed by atoms with Gasteiger partial charge in [0.1, 0.15) is 0 Å². The molecule has 0 aromatic heterocycles. The second kappa shape index (κ2) is 15.2. The van der Waals surface area contributed by atoms with Gasteiger partial charge in [-0.15, -0.1) is 0 Å². The van der Waals surface area contributed by atoms with E-state index in [0.29, 0.717) is 0 Å². The van der Waals surface area contributed by atoms with Crippen LogP contribution in [0.1, 0.15) is 26.3 Å². The molecule has 2 aliphatic rings. The summed E-state index contributed by atoms with van der Waals surface area (Å²) in [4.78, 5) is 7.45. The van der Waals surface area contributed by atoms with Crippen molar-refractivity contribution in [2.24, 2.45) is 0 Å². The molecule has 11 rings (SSSR count). The first-order valence-electron chi connectivity index (χ1n) is 21.6. The first-order valence-corrected chi connectivity index (χ1v) is 21.6. The molecule has 0 saturated heterocycles. The molecule has 0 spiro atoms. The Morgan fingerprint density at radius 3 is 1.66 bits per heavy atom. The summed E-state index contributed by atoms with van der Waals surface area (Å²) in [6, 6.07) is 82.3. The minimum atomic E-state index is -0.0335. The maximum Gasteiger partial charge on any atom is 0.252 e. The van der Waals surface area contributed by atoms with Crippen LogP contribution in [0.4, 0.5) is 51.2 Å². The van der Waals surface area contributed by atoms with Crippen molar-refractivity contribution in [1.82, 2.24) is 0 Å². The second-order valence-corrected chi connectivity index (χ2v) is 17.4. The van der Waals surface area contributed by atoms with E-state index in [1.54, 1.807) is 0 Å². The predicted molar refractivity (Wildman–Crippen MR) is 265 cm³/mol. The predicted octanol–water partition coefficient (Wildman–Crippen LogP) is 13.9. The van der Waals surface area contributed by atoms with E-state index >= 15 is 0 Å².